The molecule has 0 atom stereocenters. The molecule has 2 nitrogen and oxygen atoms in total. The van der Waals surface area contributed by atoms with Gasteiger partial charge in [0.05, 0.1) is 0 Å². The van der Waals surface area contributed by atoms with E-state index < -0.39 is 0 Å². The molecule has 0 aliphatic rings. The Morgan fingerprint density at radius 2 is 1.75 bits per heavy atom. The summed E-state index contributed by atoms with van der Waals surface area (Å²) in [7, 11) is 0. The summed E-state index contributed by atoms with van der Waals surface area (Å²) in [5.41, 5.74) is 8.08. The highest BCUT2D eigenvalue weighted by Gasteiger charge is 2.02. The molecular weight excluding hydrogens is 314 g/mol. The molecule has 2 rings (SSSR count). The first kappa shape index (κ1) is 15.1. The maximum absolute atomic E-state index is 5.88. The lowest BCUT2D eigenvalue weighted by Gasteiger charge is -2.09. The number of halogens is 1. The molecule has 0 saturated carbocycles. The standard InChI is InChI=1S/C17H20BrNO/c1-2-3-4-13-5-7-16(8-6-13)20-17-10-14(12-19)9-15(18)11-17/h5-11H,2-4,12,19H2,1H3. The van der Waals surface area contributed by atoms with Gasteiger partial charge in [0, 0.05) is 11.0 Å². The van der Waals surface area contributed by atoms with Gasteiger partial charge in [-0.2, -0.15) is 0 Å². The third kappa shape index (κ3) is 4.36. The Hall–Kier alpha value is -1.32. The zero-order valence-electron chi connectivity index (χ0n) is 11.7. The molecule has 0 aliphatic heterocycles. The number of hydrogen-bond acceptors (Lipinski definition) is 2. The van der Waals surface area contributed by atoms with Crippen LogP contribution in [0.4, 0.5) is 0 Å². The van der Waals surface area contributed by atoms with Crippen LogP contribution in [0, 0.1) is 0 Å². The van der Waals surface area contributed by atoms with Crippen molar-refractivity contribution in [3.63, 3.8) is 0 Å². The van der Waals surface area contributed by atoms with Crippen molar-refractivity contribution in [1.29, 1.82) is 0 Å². The van der Waals surface area contributed by atoms with Gasteiger partial charge in [-0.3, -0.25) is 0 Å². The van der Waals surface area contributed by atoms with Gasteiger partial charge < -0.3 is 10.5 Å². The van der Waals surface area contributed by atoms with Crippen LogP contribution in [0.25, 0.3) is 0 Å². The minimum absolute atomic E-state index is 0.506. The average Bonchev–Trinajstić information content (AvgIpc) is 2.46. The Morgan fingerprint density at radius 1 is 1.00 bits per heavy atom. The minimum atomic E-state index is 0.506. The molecule has 2 aromatic carbocycles. The Balaban J connectivity index is 2.07. The van der Waals surface area contributed by atoms with E-state index in [1.165, 1.54) is 18.4 Å². The molecule has 0 aromatic heterocycles. The van der Waals surface area contributed by atoms with Crippen LogP contribution < -0.4 is 10.5 Å². The monoisotopic (exact) mass is 333 g/mol. The minimum Gasteiger partial charge on any atom is -0.457 e. The summed E-state index contributed by atoms with van der Waals surface area (Å²) < 4.78 is 6.86. The van der Waals surface area contributed by atoms with E-state index in [0.717, 1.165) is 28.0 Å². The van der Waals surface area contributed by atoms with Crippen molar-refractivity contribution in [3.8, 4) is 11.5 Å². The van der Waals surface area contributed by atoms with E-state index in [9.17, 15) is 0 Å². The Kier molecular flexibility index (Phi) is 5.62. The average molecular weight is 334 g/mol. The second kappa shape index (κ2) is 7.46. The van der Waals surface area contributed by atoms with Crippen molar-refractivity contribution in [2.24, 2.45) is 5.73 Å². The number of ether oxygens (including phenoxy) is 1. The van der Waals surface area contributed by atoms with Crippen LogP contribution in [0.5, 0.6) is 11.5 Å². The lowest BCUT2D eigenvalue weighted by Crippen LogP contribution is -1.96. The first-order valence-corrected chi connectivity index (χ1v) is 7.77. The Morgan fingerprint density at radius 3 is 2.40 bits per heavy atom. The van der Waals surface area contributed by atoms with Crippen molar-refractivity contribution in [2.75, 3.05) is 0 Å². The lowest BCUT2D eigenvalue weighted by atomic mass is 10.1. The zero-order valence-corrected chi connectivity index (χ0v) is 13.3. The van der Waals surface area contributed by atoms with Gasteiger partial charge in [0.2, 0.25) is 0 Å². The topological polar surface area (TPSA) is 35.2 Å². The van der Waals surface area contributed by atoms with Gasteiger partial charge in [-0.05, 0) is 54.3 Å². The summed E-state index contributed by atoms with van der Waals surface area (Å²) in [6.45, 7) is 2.71. The van der Waals surface area contributed by atoms with Gasteiger partial charge in [0.1, 0.15) is 11.5 Å². The van der Waals surface area contributed by atoms with Crippen molar-refractivity contribution in [3.05, 3.63) is 58.1 Å². The third-order valence-corrected chi connectivity index (χ3v) is 3.60. The van der Waals surface area contributed by atoms with Gasteiger partial charge in [0.25, 0.3) is 0 Å². The molecule has 0 fully saturated rings. The molecule has 2 aromatic rings. The summed E-state index contributed by atoms with van der Waals surface area (Å²) in [4.78, 5) is 0. The summed E-state index contributed by atoms with van der Waals surface area (Å²) in [6.07, 6.45) is 3.58. The molecule has 0 saturated heterocycles. The van der Waals surface area contributed by atoms with Crippen LogP contribution in [0.1, 0.15) is 30.9 Å². The van der Waals surface area contributed by atoms with Crippen LogP contribution in [0.2, 0.25) is 0 Å². The highest BCUT2D eigenvalue weighted by molar-refractivity contribution is 9.10. The SMILES string of the molecule is CCCCc1ccc(Oc2cc(Br)cc(CN)c2)cc1. The molecule has 0 unspecified atom stereocenters. The normalized spacial score (nSPS) is 10.6. The number of benzene rings is 2. The van der Waals surface area contributed by atoms with Gasteiger partial charge in [-0.1, -0.05) is 41.4 Å². The van der Waals surface area contributed by atoms with E-state index in [2.05, 4.69) is 35.0 Å². The Labute approximate surface area is 129 Å². The summed E-state index contributed by atoms with van der Waals surface area (Å²) in [6, 6.07) is 14.2. The molecule has 0 aliphatic carbocycles. The van der Waals surface area contributed by atoms with E-state index >= 15 is 0 Å². The highest BCUT2D eigenvalue weighted by atomic mass is 79.9. The fourth-order valence-electron chi connectivity index (χ4n) is 2.04. The smallest absolute Gasteiger partial charge is 0.128 e. The summed E-state index contributed by atoms with van der Waals surface area (Å²) in [5.74, 6) is 1.66. The van der Waals surface area contributed by atoms with Crippen LogP contribution in [-0.4, -0.2) is 0 Å². The van der Waals surface area contributed by atoms with E-state index in [-0.39, 0.29) is 0 Å². The molecule has 0 radical (unpaired) electrons. The predicted molar refractivity (Wildman–Crippen MR) is 87.2 cm³/mol. The summed E-state index contributed by atoms with van der Waals surface area (Å²) >= 11 is 3.47. The largest absolute Gasteiger partial charge is 0.457 e. The highest BCUT2D eigenvalue weighted by Crippen LogP contribution is 2.26. The maximum atomic E-state index is 5.88. The first-order chi connectivity index (χ1) is 9.71. The molecule has 2 N–H and O–H groups in total. The maximum Gasteiger partial charge on any atom is 0.128 e. The quantitative estimate of drug-likeness (QED) is 0.803. The van der Waals surface area contributed by atoms with Gasteiger partial charge in [-0.25, -0.2) is 0 Å². The van der Waals surface area contributed by atoms with Crippen LogP contribution in [0.3, 0.4) is 0 Å². The Bertz CT molecular complexity index is 551. The fourth-order valence-corrected chi connectivity index (χ4v) is 2.56. The molecule has 3 heteroatoms. The fraction of sp³-hybridized carbons (Fsp3) is 0.294. The van der Waals surface area contributed by atoms with Crippen LogP contribution >= 0.6 is 15.9 Å². The number of unbranched alkanes of at least 4 members (excludes halogenated alkanes) is 1. The van der Waals surface area contributed by atoms with Gasteiger partial charge in [-0.15, -0.1) is 0 Å². The van der Waals surface area contributed by atoms with E-state index in [1.54, 1.807) is 0 Å². The number of nitrogens with two attached hydrogens (primary N) is 1. The lowest BCUT2D eigenvalue weighted by molar-refractivity contribution is 0.481. The zero-order chi connectivity index (χ0) is 14.4. The van der Waals surface area contributed by atoms with Crippen molar-refractivity contribution >= 4 is 15.9 Å². The van der Waals surface area contributed by atoms with Crippen molar-refractivity contribution < 1.29 is 4.74 Å². The molecule has 0 spiro atoms. The molecule has 0 bridgehead atoms. The molecule has 20 heavy (non-hydrogen) atoms. The van der Waals surface area contributed by atoms with Crippen LogP contribution in [-0.2, 0) is 13.0 Å². The summed E-state index contributed by atoms with van der Waals surface area (Å²) in [5, 5.41) is 0. The second-order valence-electron chi connectivity index (χ2n) is 4.85. The van der Waals surface area contributed by atoms with Crippen molar-refractivity contribution in [2.45, 2.75) is 32.7 Å². The number of rotatable bonds is 6. The van der Waals surface area contributed by atoms with Crippen LogP contribution in [0.15, 0.2) is 46.9 Å². The number of aryl methyl sites for hydroxylation is 1. The van der Waals surface area contributed by atoms with Crippen molar-refractivity contribution in [1.82, 2.24) is 0 Å². The second-order valence-corrected chi connectivity index (χ2v) is 5.76. The number of hydrogen-bond donors (Lipinski definition) is 1. The molecule has 106 valence electrons. The van der Waals surface area contributed by atoms with E-state index in [0.29, 0.717) is 6.54 Å². The molecular formula is C17H20BrNO. The molecule has 0 heterocycles. The molecule has 0 amide bonds. The van der Waals surface area contributed by atoms with E-state index in [1.807, 2.05) is 30.3 Å². The van der Waals surface area contributed by atoms with Gasteiger partial charge >= 0.3 is 0 Å². The van der Waals surface area contributed by atoms with Gasteiger partial charge in [0.15, 0.2) is 0 Å². The first-order valence-electron chi connectivity index (χ1n) is 6.97. The van der Waals surface area contributed by atoms with E-state index in [4.69, 9.17) is 10.5 Å². The third-order valence-electron chi connectivity index (χ3n) is 3.14. The predicted octanol–water partition coefficient (Wildman–Crippen LogP) is 5.04.